The van der Waals surface area contributed by atoms with E-state index in [1.54, 1.807) is 24.3 Å². The lowest BCUT2D eigenvalue weighted by Crippen LogP contribution is -2.23. The molecule has 3 rings (SSSR count). The number of hydrogen-bond donors (Lipinski definition) is 2. The number of nitrogens with one attached hydrogen (secondary N) is 2. The molecule has 34 heavy (non-hydrogen) atoms. The second-order valence-corrected chi connectivity index (χ2v) is 7.84. The second-order valence-electron chi connectivity index (χ2n) is 7.84. The minimum atomic E-state index is -4.80. The highest BCUT2D eigenvalue weighted by Crippen LogP contribution is 2.22. The molecule has 0 aromatic heterocycles. The Balaban J connectivity index is 1.56. The van der Waals surface area contributed by atoms with E-state index in [2.05, 4.69) is 20.3 Å². The van der Waals surface area contributed by atoms with Crippen LogP contribution in [0.5, 0.6) is 5.75 Å². The molecule has 0 saturated carbocycles. The maximum Gasteiger partial charge on any atom is 0.573 e. The molecular formula is C25H24F3N3O3. The van der Waals surface area contributed by atoms with Crippen molar-refractivity contribution >= 4 is 17.5 Å². The van der Waals surface area contributed by atoms with Gasteiger partial charge in [0, 0.05) is 29.9 Å². The summed E-state index contributed by atoms with van der Waals surface area (Å²) in [5.41, 5.74) is 3.10. The predicted molar refractivity (Wildman–Crippen MR) is 123 cm³/mol. The normalized spacial score (nSPS) is 11.2. The molecular weight excluding hydrogens is 447 g/mol. The molecule has 0 unspecified atom stereocenters. The first-order valence-corrected chi connectivity index (χ1v) is 10.4. The van der Waals surface area contributed by atoms with Crippen molar-refractivity contribution in [1.29, 1.82) is 0 Å². The summed E-state index contributed by atoms with van der Waals surface area (Å²) in [4.78, 5) is 27.0. The van der Waals surface area contributed by atoms with Crippen molar-refractivity contribution in [3.8, 4) is 5.75 Å². The van der Waals surface area contributed by atoms with Crippen molar-refractivity contribution < 1.29 is 27.5 Å². The van der Waals surface area contributed by atoms with E-state index in [4.69, 9.17) is 0 Å². The molecule has 3 aromatic carbocycles. The van der Waals surface area contributed by atoms with E-state index in [1.807, 2.05) is 38.4 Å². The van der Waals surface area contributed by atoms with Crippen molar-refractivity contribution in [1.82, 2.24) is 10.2 Å². The third kappa shape index (κ3) is 7.63. The Morgan fingerprint density at radius 1 is 0.853 bits per heavy atom. The van der Waals surface area contributed by atoms with E-state index in [1.165, 1.54) is 12.1 Å². The monoisotopic (exact) mass is 471 g/mol. The lowest BCUT2D eigenvalue weighted by molar-refractivity contribution is -0.274. The second kappa shape index (κ2) is 10.8. The van der Waals surface area contributed by atoms with Crippen LogP contribution in [0.3, 0.4) is 0 Å². The van der Waals surface area contributed by atoms with Crippen molar-refractivity contribution in [2.45, 2.75) is 19.5 Å². The zero-order chi connectivity index (χ0) is 24.7. The third-order valence-corrected chi connectivity index (χ3v) is 4.70. The average Bonchev–Trinajstić information content (AvgIpc) is 2.78. The number of alkyl halides is 3. The molecule has 9 heteroatoms. The first-order chi connectivity index (χ1) is 16.1. The number of anilines is 1. The lowest BCUT2D eigenvalue weighted by atomic mass is 10.1. The summed E-state index contributed by atoms with van der Waals surface area (Å²) >= 11 is 0. The van der Waals surface area contributed by atoms with Gasteiger partial charge in [0.2, 0.25) is 0 Å². The molecule has 0 aliphatic heterocycles. The molecule has 3 aromatic rings. The Hall–Kier alpha value is -3.85. The number of hydrogen-bond acceptors (Lipinski definition) is 4. The Labute approximate surface area is 195 Å². The number of carbonyl (C=O) groups excluding carboxylic acids is 2. The molecule has 0 aliphatic rings. The minimum Gasteiger partial charge on any atom is -0.406 e. The van der Waals surface area contributed by atoms with Crippen LogP contribution in [-0.4, -0.2) is 37.2 Å². The smallest absolute Gasteiger partial charge is 0.406 e. The van der Waals surface area contributed by atoms with Crippen molar-refractivity contribution in [3.05, 3.63) is 95.1 Å². The summed E-state index contributed by atoms with van der Waals surface area (Å²) in [6.45, 7) is 0.938. The summed E-state index contributed by atoms with van der Waals surface area (Å²) < 4.78 is 40.5. The van der Waals surface area contributed by atoms with Crippen LogP contribution in [0, 0.1) is 0 Å². The first-order valence-electron chi connectivity index (χ1n) is 10.4. The van der Waals surface area contributed by atoms with Crippen LogP contribution in [0.1, 0.15) is 31.8 Å². The molecule has 0 bridgehead atoms. The molecule has 0 spiro atoms. The predicted octanol–water partition coefficient (Wildman–Crippen LogP) is 4.83. The Bertz CT molecular complexity index is 1130. The van der Waals surface area contributed by atoms with Gasteiger partial charge in [0.1, 0.15) is 5.75 Å². The molecule has 0 aliphatic carbocycles. The van der Waals surface area contributed by atoms with Crippen molar-refractivity contribution in [2.75, 3.05) is 19.4 Å². The summed E-state index contributed by atoms with van der Waals surface area (Å²) in [6, 6.07) is 19.0. The Morgan fingerprint density at radius 2 is 1.53 bits per heavy atom. The Morgan fingerprint density at radius 3 is 2.15 bits per heavy atom. The van der Waals surface area contributed by atoms with Crippen LogP contribution in [0.15, 0.2) is 72.8 Å². The SMILES string of the molecule is CN(C)Cc1ccc(NC(=O)c2cccc(CNC(=O)c3ccc(OC(F)(F)F)cc3)c2)cc1. The zero-order valence-corrected chi connectivity index (χ0v) is 18.6. The fraction of sp³-hybridized carbons (Fsp3) is 0.200. The van der Waals surface area contributed by atoms with Crippen LogP contribution >= 0.6 is 0 Å². The zero-order valence-electron chi connectivity index (χ0n) is 18.6. The van der Waals surface area contributed by atoms with E-state index in [-0.39, 0.29) is 18.0 Å². The number of carbonyl (C=O) groups is 2. The van der Waals surface area contributed by atoms with Gasteiger partial charge in [-0.2, -0.15) is 0 Å². The highest BCUT2D eigenvalue weighted by Gasteiger charge is 2.31. The van der Waals surface area contributed by atoms with Gasteiger partial charge in [-0.1, -0.05) is 24.3 Å². The van der Waals surface area contributed by atoms with Crippen molar-refractivity contribution in [2.24, 2.45) is 0 Å². The number of halogens is 3. The molecule has 178 valence electrons. The standard InChI is InChI=1S/C25H24F3N3O3/c1-31(2)16-17-6-10-21(11-7-17)30-24(33)20-5-3-4-18(14-20)15-29-23(32)19-8-12-22(13-9-19)34-25(26,27)28/h3-14H,15-16H2,1-2H3,(H,29,32)(H,30,33). The number of rotatable bonds is 8. The van der Waals surface area contributed by atoms with Crippen LogP contribution in [0.4, 0.5) is 18.9 Å². The van der Waals surface area contributed by atoms with E-state index in [0.29, 0.717) is 16.8 Å². The molecule has 0 heterocycles. The molecule has 2 N–H and O–H groups in total. The molecule has 0 fully saturated rings. The van der Waals surface area contributed by atoms with E-state index in [0.717, 1.165) is 24.2 Å². The van der Waals surface area contributed by atoms with Gasteiger partial charge in [0.25, 0.3) is 11.8 Å². The van der Waals surface area contributed by atoms with Gasteiger partial charge in [0.15, 0.2) is 0 Å². The highest BCUT2D eigenvalue weighted by molar-refractivity contribution is 6.04. The maximum absolute atomic E-state index is 12.6. The fourth-order valence-corrected chi connectivity index (χ4v) is 3.18. The van der Waals surface area contributed by atoms with Gasteiger partial charge < -0.3 is 20.3 Å². The molecule has 0 saturated heterocycles. The van der Waals surface area contributed by atoms with Gasteiger partial charge in [0.05, 0.1) is 0 Å². The van der Waals surface area contributed by atoms with Gasteiger partial charge in [-0.25, -0.2) is 0 Å². The topological polar surface area (TPSA) is 70.7 Å². The summed E-state index contributed by atoms with van der Waals surface area (Å²) in [7, 11) is 3.96. The maximum atomic E-state index is 12.6. The molecule has 0 atom stereocenters. The quantitative estimate of drug-likeness (QED) is 0.494. The average molecular weight is 471 g/mol. The van der Waals surface area contributed by atoms with Gasteiger partial charge in [-0.05, 0) is 73.8 Å². The molecule has 0 radical (unpaired) electrons. The highest BCUT2D eigenvalue weighted by atomic mass is 19.4. The summed E-state index contributed by atoms with van der Waals surface area (Å²) in [6.07, 6.45) is -4.80. The van der Waals surface area contributed by atoms with E-state index in [9.17, 15) is 22.8 Å². The third-order valence-electron chi connectivity index (χ3n) is 4.70. The van der Waals surface area contributed by atoms with Gasteiger partial charge in [-0.15, -0.1) is 13.2 Å². The van der Waals surface area contributed by atoms with E-state index >= 15 is 0 Å². The van der Waals surface area contributed by atoms with Crippen LogP contribution < -0.4 is 15.4 Å². The van der Waals surface area contributed by atoms with Gasteiger partial charge in [-0.3, -0.25) is 9.59 Å². The lowest BCUT2D eigenvalue weighted by Gasteiger charge is -2.11. The first kappa shape index (κ1) is 24.8. The van der Waals surface area contributed by atoms with E-state index < -0.39 is 18.0 Å². The summed E-state index contributed by atoms with van der Waals surface area (Å²) in [5, 5.41) is 5.53. The van der Waals surface area contributed by atoms with Crippen LogP contribution in [0.2, 0.25) is 0 Å². The van der Waals surface area contributed by atoms with Crippen LogP contribution in [0.25, 0.3) is 0 Å². The minimum absolute atomic E-state index is 0.139. The number of nitrogens with zero attached hydrogens (tertiary/aromatic N) is 1. The van der Waals surface area contributed by atoms with Crippen LogP contribution in [-0.2, 0) is 13.1 Å². The fourth-order valence-electron chi connectivity index (χ4n) is 3.18. The van der Waals surface area contributed by atoms with Crippen molar-refractivity contribution in [3.63, 3.8) is 0 Å². The van der Waals surface area contributed by atoms with Gasteiger partial charge >= 0.3 is 6.36 Å². The number of benzene rings is 3. The number of ether oxygens (including phenoxy) is 1. The largest absolute Gasteiger partial charge is 0.573 e. The number of amides is 2. The summed E-state index contributed by atoms with van der Waals surface area (Å²) in [5.74, 6) is -1.16. The Kier molecular flexibility index (Phi) is 7.91. The molecule has 6 nitrogen and oxygen atoms in total. The molecule has 2 amide bonds.